The van der Waals surface area contributed by atoms with Crippen molar-refractivity contribution in [1.29, 1.82) is 0 Å². The van der Waals surface area contributed by atoms with Crippen LogP contribution in [0.25, 0.3) is 0 Å². The summed E-state index contributed by atoms with van der Waals surface area (Å²) in [5, 5.41) is 17.4. The second-order valence-corrected chi connectivity index (χ2v) is 7.16. The summed E-state index contributed by atoms with van der Waals surface area (Å²) in [4.78, 5) is 13.4. The SMILES string of the molecule is CC(=O)Nc1ccc(OC[C@H](O)CN2CCC[C@H]2c2ccsc2)cc1. The van der Waals surface area contributed by atoms with Gasteiger partial charge >= 0.3 is 0 Å². The molecular weight excluding hydrogens is 336 g/mol. The lowest BCUT2D eigenvalue weighted by Crippen LogP contribution is -2.35. The summed E-state index contributed by atoms with van der Waals surface area (Å²) in [6.45, 7) is 3.36. The molecule has 0 bridgehead atoms. The van der Waals surface area contributed by atoms with Crippen molar-refractivity contribution in [3.8, 4) is 5.75 Å². The summed E-state index contributed by atoms with van der Waals surface area (Å²) in [5.41, 5.74) is 2.08. The summed E-state index contributed by atoms with van der Waals surface area (Å²) in [6, 6.07) is 9.75. The zero-order chi connectivity index (χ0) is 17.6. The van der Waals surface area contributed by atoms with Crippen molar-refractivity contribution < 1.29 is 14.6 Å². The minimum absolute atomic E-state index is 0.102. The van der Waals surface area contributed by atoms with Crippen LogP contribution in [0.1, 0.15) is 31.4 Å². The van der Waals surface area contributed by atoms with E-state index in [1.54, 1.807) is 35.6 Å². The number of amides is 1. The number of benzene rings is 1. The van der Waals surface area contributed by atoms with Crippen molar-refractivity contribution in [3.05, 3.63) is 46.7 Å². The number of nitrogens with one attached hydrogen (secondary N) is 1. The van der Waals surface area contributed by atoms with Crippen LogP contribution in [0.15, 0.2) is 41.1 Å². The molecule has 0 saturated carbocycles. The molecule has 0 spiro atoms. The summed E-state index contributed by atoms with van der Waals surface area (Å²) in [6.07, 6.45) is 1.78. The van der Waals surface area contributed by atoms with Crippen molar-refractivity contribution >= 4 is 22.9 Å². The zero-order valence-corrected chi connectivity index (χ0v) is 15.2. The number of nitrogens with zero attached hydrogens (tertiary/aromatic N) is 1. The van der Waals surface area contributed by atoms with E-state index in [2.05, 4.69) is 27.0 Å². The number of thiophene rings is 1. The molecule has 5 nitrogen and oxygen atoms in total. The Balaban J connectivity index is 1.47. The van der Waals surface area contributed by atoms with Gasteiger partial charge in [-0.15, -0.1) is 0 Å². The first kappa shape index (κ1) is 17.9. The highest BCUT2D eigenvalue weighted by Gasteiger charge is 2.27. The van der Waals surface area contributed by atoms with Gasteiger partial charge in [0.1, 0.15) is 18.5 Å². The monoisotopic (exact) mass is 360 g/mol. The normalized spacial score (nSPS) is 18.9. The van der Waals surface area contributed by atoms with E-state index in [9.17, 15) is 9.90 Å². The number of aliphatic hydroxyl groups is 1. The van der Waals surface area contributed by atoms with E-state index in [4.69, 9.17) is 4.74 Å². The molecule has 1 aromatic carbocycles. The maximum atomic E-state index is 11.0. The predicted molar refractivity (Wildman–Crippen MR) is 100 cm³/mol. The molecule has 1 aliphatic heterocycles. The van der Waals surface area contributed by atoms with Gasteiger partial charge in [0.05, 0.1) is 0 Å². The first-order valence-corrected chi connectivity index (χ1v) is 9.51. The summed E-state index contributed by atoms with van der Waals surface area (Å²) in [7, 11) is 0. The molecule has 3 rings (SSSR count). The van der Waals surface area contributed by atoms with Crippen LogP contribution < -0.4 is 10.1 Å². The molecular formula is C19H24N2O3S. The minimum atomic E-state index is -0.533. The van der Waals surface area contributed by atoms with Crippen LogP contribution in [0, 0.1) is 0 Å². The van der Waals surface area contributed by atoms with Crippen molar-refractivity contribution in [2.24, 2.45) is 0 Å². The Hall–Kier alpha value is -1.89. The van der Waals surface area contributed by atoms with Crippen molar-refractivity contribution in [1.82, 2.24) is 4.90 Å². The van der Waals surface area contributed by atoms with Crippen molar-refractivity contribution in [2.45, 2.75) is 31.9 Å². The van der Waals surface area contributed by atoms with Crippen molar-refractivity contribution in [3.63, 3.8) is 0 Å². The lowest BCUT2D eigenvalue weighted by Gasteiger charge is -2.26. The smallest absolute Gasteiger partial charge is 0.221 e. The van der Waals surface area contributed by atoms with E-state index in [1.165, 1.54) is 18.9 Å². The lowest BCUT2D eigenvalue weighted by molar-refractivity contribution is -0.114. The molecule has 25 heavy (non-hydrogen) atoms. The summed E-state index contributed by atoms with van der Waals surface area (Å²) in [5.74, 6) is 0.582. The third-order valence-electron chi connectivity index (χ3n) is 4.35. The van der Waals surface area contributed by atoms with E-state index in [1.807, 2.05) is 0 Å². The maximum Gasteiger partial charge on any atom is 0.221 e. The highest BCUT2D eigenvalue weighted by Crippen LogP contribution is 2.33. The zero-order valence-electron chi connectivity index (χ0n) is 14.4. The number of ether oxygens (including phenoxy) is 1. The number of hydrogen-bond acceptors (Lipinski definition) is 5. The van der Waals surface area contributed by atoms with Gasteiger partial charge in [0.15, 0.2) is 0 Å². The van der Waals surface area contributed by atoms with E-state index >= 15 is 0 Å². The summed E-state index contributed by atoms with van der Waals surface area (Å²) >= 11 is 1.72. The number of β-amino-alcohol motifs (C(OH)–C–C–N with tert-alkyl or cyclic N) is 1. The fourth-order valence-corrected chi connectivity index (χ4v) is 3.95. The van der Waals surface area contributed by atoms with E-state index in [0.29, 0.717) is 18.3 Å². The minimum Gasteiger partial charge on any atom is -0.491 e. The van der Waals surface area contributed by atoms with Gasteiger partial charge in [-0.25, -0.2) is 0 Å². The third kappa shape index (κ3) is 5.04. The highest BCUT2D eigenvalue weighted by molar-refractivity contribution is 7.07. The number of rotatable bonds is 7. The van der Waals surface area contributed by atoms with Crippen molar-refractivity contribution in [2.75, 3.05) is 25.0 Å². The van der Waals surface area contributed by atoms with Gasteiger partial charge in [-0.2, -0.15) is 11.3 Å². The number of carbonyl (C=O) groups excluding carboxylic acids is 1. The molecule has 1 amide bonds. The van der Waals surface area contributed by atoms with Gasteiger partial charge in [0, 0.05) is 25.2 Å². The molecule has 134 valence electrons. The number of hydrogen-bond donors (Lipinski definition) is 2. The Bertz CT molecular complexity index is 672. The molecule has 1 saturated heterocycles. The van der Waals surface area contributed by atoms with E-state index in [0.717, 1.165) is 18.7 Å². The molecule has 0 unspecified atom stereocenters. The van der Waals surface area contributed by atoms with E-state index in [-0.39, 0.29) is 12.5 Å². The second kappa shape index (κ2) is 8.47. The van der Waals surface area contributed by atoms with Crippen LogP contribution in [0.3, 0.4) is 0 Å². The Morgan fingerprint density at radius 2 is 2.20 bits per heavy atom. The van der Waals surface area contributed by atoms with Gasteiger partial charge in [-0.05, 0) is 66.0 Å². The number of likely N-dealkylation sites (tertiary alicyclic amines) is 1. The van der Waals surface area contributed by atoms with Crippen LogP contribution in [0.2, 0.25) is 0 Å². The second-order valence-electron chi connectivity index (χ2n) is 6.38. The largest absolute Gasteiger partial charge is 0.491 e. The van der Waals surface area contributed by atoms with Gasteiger partial charge in [0.2, 0.25) is 5.91 Å². The fraction of sp³-hybridized carbons (Fsp3) is 0.421. The summed E-state index contributed by atoms with van der Waals surface area (Å²) < 4.78 is 5.68. The molecule has 2 heterocycles. The number of aliphatic hydroxyl groups excluding tert-OH is 1. The molecule has 6 heteroatoms. The van der Waals surface area contributed by atoms with Crippen LogP contribution in [0.5, 0.6) is 5.75 Å². The number of anilines is 1. The van der Waals surface area contributed by atoms with Gasteiger partial charge in [-0.3, -0.25) is 9.69 Å². The highest BCUT2D eigenvalue weighted by atomic mass is 32.1. The molecule has 1 fully saturated rings. The fourth-order valence-electron chi connectivity index (χ4n) is 3.24. The quantitative estimate of drug-likeness (QED) is 0.795. The average Bonchev–Trinajstić information content (AvgIpc) is 3.24. The van der Waals surface area contributed by atoms with Gasteiger partial charge < -0.3 is 15.2 Å². The molecule has 2 aromatic rings. The molecule has 1 aromatic heterocycles. The maximum absolute atomic E-state index is 11.0. The van der Waals surface area contributed by atoms with Crippen LogP contribution >= 0.6 is 11.3 Å². The topological polar surface area (TPSA) is 61.8 Å². The van der Waals surface area contributed by atoms with Gasteiger partial charge in [-0.1, -0.05) is 0 Å². The molecule has 2 atom stereocenters. The first-order chi connectivity index (χ1) is 12.1. The average molecular weight is 360 g/mol. The molecule has 2 N–H and O–H groups in total. The molecule has 1 aliphatic rings. The van der Waals surface area contributed by atoms with E-state index < -0.39 is 6.10 Å². The van der Waals surface area contributed by atoms with Gasteiger partial charge in [0.25, 0.3) is 0 Å². The first-order valence-electron chi connectivity index (χ1n) is 8.56. The predicted octanol–water partition coefficient (Wildman–Crippen LogP) is 3.28. The Labute approximate surface area is 152 Å². The van der Waals surface area contributed by atoms with Crippen LogP contribution in [-0.4, -0.2) is 41.7 Å². The Kier molecular flexibility index (Phi) is 6.07. The molecule has 0 aliphatic carbocycles. The Morgan fingerprint density at radius 1 is 1.40 bits per heavy atom. The van der Waals surface area contributed by atoms with Crippen LogP contribution in [0.4, 0.5) is 5.69 Å². The standard InChI is InChI=1S/C19H24N2O3S/c1-14(22)20-16-4-6-18(7-5-16)24-12-17(23)11-21-9-2-3-19(21)15-8-10-25-13-15/h4-8,10,13,17,19,23H,2-3,9,11-12H2,1H3,(H,20,22)/t17-,19+/m1/s1. The lowest BCUT2D eigenvalue weighted by atomic mass is 10.1. The third-order valence-corrected chi connectivity index (χ3v) is 5.06. The Morgan fingerprint density at radius 3 is 2.88 bits per heavy atom. The number of carbonyl (C=O) groups is 1. The molecule has 0 radical (unpaired) electrons. The van der Waals surface area contributed by atoms with Crippen LogP contribution in [-0.2, 0) is 4.79 Å².